The van der Waals surface area contributed by atoms with E-state index in [-0.39, 0.29) is 25.7 Å². The van der Waals surface area contributed by atoms with Gasteiger partial charge in [-0.05, 0) is 37.5 Å². The maximum Gasteiger partial charge on any atom is 0.472 e. The van der Waals surface area contributed by atoms with Gasteiger partial charge in [0.05, 0.1) is 26.4 Å². The number of ether oxygens (including phenoxy) is 4. The monoisotopic (exact) mass is 1440 g/mol. The molecule has 0 aliphatic rings. The van der Waals surface area contributed by atoms with Crippen molar-refractivity contribution in [2.75, 3.05) is 39.6 Å². The van der Waals surface area contributed by atoms with Crippen molar-refractivity contribution < 1.29 is 80.2 Å². The highest BCUT2D eigenvalue weighted by Gasteiger charge is 2.30. The van der Waals surface area contributed by atoms with Crippen LogP contribution in [0.25, 0.3) is 0 Å². The van der Waals surface area contributed by atoms with E-state index in [0.717, 1.165) is 115 Å². The number of aliphatic hydroxyl groups excluding tert-OH is 1. The van der Waals surface area contributed by atoms with Gasteiger partial charge in [0.2, 0.25) is 0 Å². The predicted molar refractivity (Wildman–Crippen MR) is 400 cm³/mol. The van der Waals surface area contributed by atoms with E-state index < -0.39 is 97.5 Å². The fourth-order valence-electron chi connectivity index (χ4n) is 12.2. The lowest BCUT2D eigenvalue weighted by Crippen LogP contribution is -2.30. The molecule has 0 saturated heterocycles. The summed E-state index contributed by atoms with van der Waals surface area (Å²) in [5.41, 5.74) is 0. The lowest BCUT2D eigenvalue weighted by molar-refractivity contribution is -0.161. The maximum atomic E-state index is 13.1. The Morgan fingerprint density at radius 2 is 0.469 bits per heavy atom. The van der Waals surface area contributed by atoms with E-state index in [1.165, 1.54) is 218 Å². The standard InChI is InChI=1S/C79H154O17P2/c1-7-9-11-13-15-16-17-18-19-20-21-25-28-31-34-37-44-50-56-62-77(82)90-68-75(95-78(83)63-57-51-45-38-35-32-29-26-23-22-24-27-30-33-36-42-47-53-59-71(3)4)70-94-98(87,88)92-66-73(80)65-91-97(85,86)93-69-74(67-89-76(81)61-55-49-41-14-12-10-8-2)96-79(84)64-58-52-46-40-39-43-48-54-60-72(5)6/h71-75,80H,7-70H2,1-6H3,(H,85,86)(H,87,88)/t73-,74+,75+/m0/s1. The van der Waals surface area contributed by atoms with E-state index >= 15 is 0 Å². The second-order valence-electron chi connectivity index (χ2n) is 29.4. The van der Waals surface area contributed by atoms with Crippen LogP contribution in [0.1, 0.15) is 414 Å². The number of rotatable bonds is 78. The summed E-state index contributed by atoms with van der Waals surface area (Å²) in [5, 5.41) is 10.6. The summed E-state index contributed by atoms with van der Waals surface area (Å²) in [6, 6.07) is 0. The first-order chi connectivity index (χ1) is 47.4. The molecule has 0 aromatic carbocycles. The van der Waals surface area contributed by atoms with Gasteiger partial charge < -0.3 is 33.8 Å². The SMILES string of the molecule is CCCCCCCCCCCCCCCCCCCCCC(=O)OC[C@H](COP(=O)(O)OC[C@@H](O)COP(=O)(O)OC[C@@H](COC(=O)CCCCCCCCC)OC(=O)CCCCCCCCCCC(C)C)OC(=O)CCCCCCCCCCCCCCCCCCCCC(C)C. The van der Waals surface area contributed by atoms with Gasteiger partial charge in [-0.3, -0.25) is 37.3 Å². The molecule has 17 nitrogen and oxygen atoms in total. The summed E-state index contributed by atoms with van der Waals surface area (Å²) >= 11 is 0. The van der Waals surface area contributed by atoms with Crippen molar-refractivity contribution in [2.45, 2.75) is 432 Å². The summed E-state index contributed by atoms with van der Waals surface area (Å²) in [6.45, 7) is 9.56. The number of carbonyl (C=O) groups excluding carboxylic acids is 4. The van der Waals surface area contributed by atoms with E-state index in [9.17, 15) is 43.2 Å². The van der Waals surface area contributed by atoms with Crippen molar-refractivity contribution in [3.63, 3.8) is 0 Å². The molecule has 3 N–H and O–H groups in total. The van der Waals surface area contributed by atoms with E-state index in [1.807, 2.05) is 0 Å². The van der Waals surface area contributed by atoms with Gasteiger partial charge in [0, 0.05) is 25.7 Å². The fourth-order valence-corrected chi connectivity index (χ4v) is 13.8. The lowest BCUT2D eigenvalue weighted by atomic mass is 10.0. The van der Waals surface area contributed by atoms with Gasteiger partial charge in [-0.2, -0.15) is 0 Å². The summed E-state index contributed by atoms with van der Waals surface area (Å²) in [4.78, 5) is 72.7. The number of phosphoric acid groups is 2. The largest absolute Gasteiger partial charge is 0.472 e. The summed E-state index contributed by atoms with van der Waals surface area (Å²) in [6.07, 6.45) is 60.1. The molecule has 0 aliphatic carbocycles. The van der Waals surface area contributed by atoms with Crippen LogP contribution in [0.3, 0.4) is 0 Å². The van der Waals surface area contributed by atoms with Crippen LogP contribution in [0.15, 0.2) is 0 Å². The quantitative estimate of drug-likeness (QED) is 0.0222. The molecule has 0 bridgehead atoms. The Morgan fingerprint density at radius 3 is 0.694 bits per heavy atom. The molecule has 0 aliphatic heterocycles. The van der Waals surface area contributed by atoms with Gasteiger partial charge in [-0.25, -0.2) is 9.13 Å². The normalized spacial score (nSPS) is 13.9. The molecule has 5 atom stereocenters. The Balaban J connectivity index is 5.15. The molecular formula is C79H154O17P2. The highest BCUT2D eigenvalue weighted by atomic mass is 31.2. The van der Waals surface area contributed by atoms with Gasteiger partial charge in [0.1, 0.15) is 19.3 Å². The Kier molecular flexibility index (Phi) is 69.3. The Labute approximate surface area is 600 Å². The second-order valence-corrected chi connectivity index (χ2v) is 32.3. The molecular weight excluding hydrogens is 1280 g/mol. The number of hydrogen-bond donors (Lipinski definition) is 3. The van der Waals surface area contributed by atoms with Crippen LogP contribution in [0.2, 0.25) is 0 Å². The zero-order chi connectivity index (χ0) is 72.1. The smallest absolute Gasteiger partial charge is 0.462 e. The van der Waals surface area contributed by atoms with E-state index in [2.05, 4.69) is 41.5 Å². The van der Waals surface area contributed by atoms with Crippen molar-refractivity contribution in [1.82, 2.24) is 0 Å². The van der Waals surface area contributed by atoms with Crippen molar-refractivity contribution in [1.29, 1.82) is 0 Å². The fraction of sp³-hybridized carbons (Fsp3) is 0.949. The molecule has 0 radical (unpaired) electrons. The van der Waals surface area contributed by atoms with E-state index in [0.29, 0.717) is 25.7 Å². The van der Waals surface area contributed by atoms with Crippen molar-refractivity contribution in [2.24, 2.45) is 11.8 Å². The zero-order valence-corrected chi connectivity index (χ0v) is 65.9. The molecule has 0 heterocycles. The second kappa shape index (κ2) is 70.7. The van der Waals surface area contributed by atoms with E-state index in [1.54, 1.807) is 0 Å². The maximum absolute atomic E-state index is 13.1. The molecule has 0 fully saturated rings. The van der Waals surface area contributed by atoms with Crippen LogP contribution in [0.5, 0.6) is 0 Å². The Bertz CT molecular complexity index is 1890. The third kappa shape index (κ3) is 72.4. The lowest BCUT2D eigenvalue weighted by Gasteiger charge is -2.21. The van der Waals surface area contributed by atoms with Gasteiger partial charge in [0.15, 0.2) is 12.2 Å². The number of hydrogen-bond acceptors (Lipinski definition) is 15. The molecule has 0 amide bonds. The van der Waals surface area contributed by atoms with Crippen molar-refractivity contribution in [3.8, 4) is 0 Å². The number of phosphoric ester groups is 2. The van der Waals surface area contributed by atoms with Gasteiger partial charge in [-0.15, -0.1) is 0 Å². The summed E-state index contributed by atoms with van der Waals surface area (Å²) in [5.74, 6) is -0.580. The highest BCUT2D eigenvalue weighted by Crippen LogP contribution is 2.45. The van der Waals surface area contributed by atoms with Crippen LogP contribution in [-0.2, 0) is 65.4 Å². The number of unbranched alkanes of at least 4 members (excludes halogenated alkanes) is 48. The predicted octanol–water partition coefficient (Wildman–Crippen LogP) is 23.5. The van der Waals surface area contributed by atoms with Gasteiger partial charge >= 0.3 is 39.5 Å². The average Bonchev–Trinajstić information content (AvgIpc) is 0.986. The number of carbonyl (C=O) groups is 4. The third-order valence-corrected chi connectivity index (χ3v) is 20.4. The van der Waals surface area contributed by atoms with Crippen molar-refractivity contribution in [3.05, 3.63) is 0 Å². The molecule has 2 unspecified atom stereocenters. The summed E-state index contributed by atoms with van der Waals surface area (Å²) in [7, 11) is -9.91. The molecule has 19 heteroatoms. The first-order valence-electron chi connectivity index (χ1n) is 41.0. The zero-order valence-electron chi connectivity index (χ0n) is 64.1. The minimum Gasteiger partial charge on any atom is -0.462 e. The minimum absolute atomic E-state index is 0.104. The van der Waals surface area contributed by atoms with Crippen molar-refractivity contribution >= 4 is 39.5 Å². The van der Waals surface area contributed by atoms with Crippen LogP contribution in [0.4, 0.5) is 0 Å². The first kappa shape index (κ1) is 96.1. The average molecular weight is 1440 g/mol. The topological polar surface area (TPSA) is 237 Å². The Hall–Kier alpha value is -1.94. The van der Waals surface area contributed by atoms with Gasteiger partial charge in [0.25, 0.3) is 0 Å². The third-order valence-electron chi connectivity index (χ3n) is 18.5. The molecule has 0 aromatic rings. The number of esters is 4. The highest BCUT2D eigenvalue weighted by molar-refractivity contribution is 7.47. The molecule has 0 saturated carbocycles. The first-order valence-corrected chi connectivity index (χ1v) is 44.0. The van der Waals surface area contributed by atoms with Crippen LogP contribution in [-0.4, -0.2) is 96.7 Å². The Morgan fingerprint density at radius 1 is 0.276 bits per heavy atom. The summed E-state index contributed by atoms with van der Waals surface area (Å²) < 4.78 is 68.5. The minimum atomic E-state index is -4.96. The molecule has 582 valence electrons. The molecule has 0 aromatic heterocycles. The van der Waals surface area contributed by atoms with Gasteiger partial charge in [-0.1, -0.05) is 363 Å². The molecule has 0 rings (SSSR count). The van der Waals surface area contributed by atoms with Crippen LogP contribution in [0, 0.1) is 11.8 Å². The molecule has 98 heavy (non-hydrogen) atoms. The van der Waals surface area contributed by atoms with Crippen LogP contribution >= 0.6 is 15.6 Å². The van der Waals surface area contributed by atoms with Crippen LogP contribution < -0.4 is 0 Å². The molecule has 0 spiro atoms. The number of aliphatic hydroxyl groups is 1. The van der Waals surface area contributed by atoms with E-state index in [4.69, 9.17) is 37.0 Å².